The molecule has 1 unspecified atom stereocenters. The van der Waals surface area contributed by atoms with Crippen molar-refractivity contribution in [3.8, 4) is 0 Å². The summed E-state index contributed by atoms with van der Waals surface area (Å²) < 4.78 is 4.70. The van der Waals surface area contributed by atoms with E-state index in [1.165, 1.54) is 35.6 Å². The summed E-state index contributed by atoms with van der Waals surface area (Å²) in [6, 6.07) is 7.28. The van der Waals surface area contributed by atoms with Crippen molar-refractivity contribution in [2.24, 2.45) is 5.92 Å². The van der Waals surface area contributed by atoms with Gasteiger partial charge in [0, 0.05) is 42.1 Å². The van der Waals surface area contributed by atoms with Crippen molar-refractivity contribution in [3.05, 3.63) is 35.5 Å². The van der Waals surface area contributed by atoms with E-state index in [-0.39, 0.29) is 5.97 Å². The zero-order valence-electron chi connectivity index (χ0n) is 15.0. The Labute approximate surface area is 148 Å². The number of likely N-dealkylation sites (N-methyl/N-ethyl adjacent to an activating group) is 1. The number of rotatable bonds is 5. The second kappa shape index (κ2) is 6.81. The maximum atomic E-state index is 11.2. The predicted molar refractivity (Wildman–Crippen MR) is 98.8 cm³/mol. The number of aromatic amines is 1. The lowest BCUT2D eigenvalue weighted by atomic mass is 9.72. The lowest BCUT2D eigenvalue weighted by molar-refractivity contribution is -0.140. The van der Waals surface area contributed by atoms with E-state index in [0.717, 1.165) is 19.5 Å². The molecule has 0 bridgehead atoms. The number of benzene rings is 1. The van der Waals surface area contributed by atoms with Gasteiger partial charge in [-0.25, -0.2) is 0 Å². The third kappa shape index (κ3) is 3.07. The van der Waals surface area contributed by atoms with E-state index < -0.39 is 0 Å². The van der Waals surface area contributed by atoms with E-state index in [1.807, 2.05) is 0 Å². The fourth-order valence-corrected chi connectivity index (χ4v) is 4.80. The quantitative estimate of drug-likeness (QED) is 0.647. The number of fused-ring (bicyclic) bond motifs is 2. The number of aromatic nitrogens is 1. The number of esters is 1. The van der Waals surface area contributed by atoms with E-state index in [9.17, 15) is 4.79 Å². The molecule has 1 aromatic heterocycles. The number of carbonyl (C=O) groups excluding carboxylic acids is 1. The van der Waals surface area contributed by atoms with Gasteiger partial charge in [-0.1, -0.05) is 12.1 Å². The average Bonchev–Trinajstić information content (AvgIpc) is 3.04. The van der Waals surface area contributed by atoms with Gasteiger partial charge < -0.3 is 19.9 Å². The minimum Gasteiger partial charge on any atom is -0.469 e. The molecule has 5 nitrogen and oxygen atoms in total. The Kier molecular flexibility index (Phi) is 4.52. The summed E-state index contributed by atoms with van der Waals surface area (Å²) in [7, 11) is 3.70. The summed E-state index contributed by atoms with van der Waals surface area (Å²) in [5, 5.41) is 4.90. The van der Waals surface area contributed by atoms with Crippen LogP contribution in [0.5, 0.6) is 0 Å². The van der Waals surface area contributed by atoms with Crippen LogP contribution in [-0.2, 0) is 16.0 Å². The molecule has 3 atom stereocenters. The molecule has 1 fully saturated rings. The van der Waals surface area contributed by atoms with Crippen LogP contribution in [0.4, 0.5) is 0 Å². The van der Waals surface area contributed by atoms with E-state index >= 15 is 0 Å². The number of hydrogen-bond donors (Lipinski definition) is 2. The first-order valence-corrected chi connectivity index (χ1v) is 9.24. The molecule has 5 heteroatoms. The molecule has 1 aliphatic heterocycles. The van der Waals surface area contributed by atoms with Gasteiger partial charge in [0.25, 0.3) is 0 Å². The van der Waals surface area contributed by atoms with Gasteiger partial charge in [0.1, 0.15) is 0 Å². The second-order valence-electron chi connectivity index (χ2n) is 7.53. The van der Waals surface area contributed by atoms with E-state index in [1.54, 1.807) is 0 Å². The van der Waals surface area contributed by atoms with Crippen LogP contribution in [-0.4, -0.2) is 55.7 Å². The van der Waals surface area contributed by atoms with Crippen LogP contribution in [0, 0.1) is 5.92 Å². The van der Waals surface area contributed by atoms with Crippen molar-refractivity contribution in [1.82, 2.24) is 15.2 Å². The zero-order chi connectivity index (χ0) is 17.4. The molecule has 25 heavy (non-hydrogen) atoms. The molecular formula is C20H27N3O2. The van der Waals surface area contributed by atoms with Crippen molar-refractivity contribution in [2.75, 3.05) is 33.8 Å². The van der Waals surface area contributed by atoms with Crippen molar-refractivity contribution in [1.29, 1.82) is 0 Å². The van der Waals surface area contributed by atoms with Gasteiger partial charge in [0.15, 0.2) is 0 Å². The highest BCUT2D eigenvalue weighted by Crippen LogP contribution is 2.44. The number of piperidine rings is 1. The van der Waals surface area contributed by atoms with Crippen LogP contribution < -0.4 is 5.32 Å². The van der Waals surface area contributed by atoms with Crippen LogP contribution in [0.15, 0.2) is 24.4 Å². The lowest BCUT2D eigenvalue weighted by Gasteiger charge is -2.45. The van der Waals surface area contributed by atoms with Gasteiger partial charge in [0.2, 0.25) is 0 Å². The van der Waals surface area contributed by atoms with Crippen molar-refractivity contribution >= 4 is 16.9 Å². The van der Waals surface area contributed by atoms with Crippen LogP contribution >= 0.6 is 0 Å². The van der Waals surface area contributed by atoms with E-state index in [0.29, 0.717) is 30.8 Å². The molecule has 0 amide bonds. The number of likely N-dealkylation sites (tertiary alicyclic amines) is 1. The van der Waals surface area contributed by atoms with Gasteiger partial charge in [-0.05, 0) is 49.5 Å². The van der Waals surface area contributed by atoms with Crippen LogP contribution in [0.2, 0.25) is 0 Å². The van der Waals surface area contributed by atoms with Gasteiger partial charge in [-0.2, -0.15) is 0 Å². The molecule has 1 aliphatic carbocycles. The van der Waals surface area contributed by atoms with Crippen molar-refractivity contribution in [2.45, 2.75) is 31.2 Å². The van der Waals surface area contributed by atoms with E-state index in [2.05, 4.69) is 46.6 Å². The summed E-state index contributed by atoms with van der Waals surface area (Å²) in [4.78, 5) is 17.2. The third-order valence-electron chi connectivity index (χ3n) is 5.98. The molecule has 2 aromatic rings. The first kappa shape index (κ1) is 16.6. The molecule has 2 heterocycles. The summed E-state index contributed by atoms with van der Waals surface area (Å²) >= 11 is 0. The molecule has 1 aromatic carbocycles. The Bertz CT molecular complexity index is 769. The first-order chi connectivity index (χ1) is 12.2. The van der Waals surface area contributed by atoms with Gasteiger partial charge in [-0.15, -0.1) is 0 Å². The Hall–Kier alpha value is -1.85. The monoisotopic (exact) mass is 341 g/mol. The highest BCUT2D eigenvalue weighted by atomic mass is 16.5. The number of nitrogens with one attached hydrogen (secondary N) is 2. The molecule has 0 radical (unpaired) electrons. The van der Waals surface area contributed by atoms with Crippen LogP contribution in [0.3, 0.4) is 0 Å². The highest BCUT2D eigenvalue weighted by Gasteiger charge is 2.39. The SMILES string of the molecule is COC(=O)CCNCC1C[C@@H]2c3cccc4[nH]cc(c34)C[C@H]2N(C)C1. The molecule has 0 saturated carbocycles. The topological polar surface area (TPSA) is 57.4 Å². The normalized spacial score (nSPS) is 25.8. The Morgan fingerprint density at radius 3 is 3.16 bits per heavy atom. The van der Waals surface area contributed by atoms with Gasteiger partial charge in [-0.3, -0.25) is 4.79 Å². The lowest BCUT2D eigenvalue weighted by Crippen LogP contribution is -2.49. The molecule has 4 rings (SSSR count). The number of hydrogen-bond acceptors (Lipinski definition) is 4. The average molecular weight is 341 g/mol. The smallest absolute Gasteiger partial charge is 0.306 e. The standard InChI is InChI=1S/C20H27N3O2/c1-23-12-13(10-21-7-6-19(24)25-2)8-16-15-4-3-5-17-20(15)14(11-22-17)9-18(16)23/h3-5,11,13,16,18,21-22H,6-10,12H2,1-2H3/t13?,16-,18-/m1/s1. The zero-order valence-corrected chi connectivity index (χ0v) is 15.0. The summed E-state index contributed by atoms with van der Waals surface area (Å²) in [6.45, 7) is 2.77. The number of carbonyl (C=O) groups is 1. The molecule has 1 saturated heterocycles. The molecule has 134 valence electrons. The Morgan fingerprint density at radius 1 is 1.44 bits per heavy atom. The Balaban J connectivity index is 1.47. The maximum absolute atomic E-state index is 11.2. The predicted octanol–water partition coefficient (Wildman–Crippen LogP) is 2.28. The number of nitrogens with zero attached hydrogens (tertiary/aromatic N) is 1. The van der Waals surface area contributed by atoms with Gasteiger partial charge in [0.05, 0.1) is 13.5 Å². The van der Waals surface area contributed by atoms with Gasteiger partial charge >= 0.3 is 5.97 Å². The molecule has 2 N–H and O–H groups in total. The second-order valence-corrected chi connectivity index (χ2v) is 7.53. The van der Waals surface area contributed by atoms with Crippen molar-refractivity contribution in [3.63, 3.8) is 0 Å². The number of methoxy groups -OCH3 is 1. The fraction of sp³-hybridized carbons (Fsp3) is 0.550. The molecule has 0 spiro atoms. The maximum Gasteiger partial charge on any atom is 0.306 e. The number of ether oxygens (including phenoxy) is 1. The van der Waals surface area contributed by atoms with E-state index in [4.69, 9.17) is 4.74 Å². The molecule has 2 aliphatic rings. The number of H-pyrrole nitrogens is 1. The largest absolute Gasteiger partial charge is 0.469 e. The summed E-state index contributed by atoms with van der Waals surface area (Å²) in [6.07, 6.45) is 4.99. The first-order valence-electron chi connectivity index (χ1n) is 9.24. The van der Waals surface area contributed by atoms with Crippen molar-refractivity contribution < 1.29 is 9.53 Å². The highest BCUT2D eigenvalue weighted by molar-refractivity contribution is 5.88. The van der Waals surface area contributed by atoms with Crippen LogP contribution in [0.25, 0.3) is 10.9 Å². The minimum atomic E-state index is -0.146. The minimum absolute atomic E-state index is 0.146. The summed E-state index contributed by atoms with van der Waals surface area (Å²) in [5.74, 6) is 1.06. The summed E-state index contributed by atoms with van der Waals surface area (Å²) in [5.41, 5.74) is 4.25. The van der Waals surface area contributed by atoms with Crippen LogP contribution in [0.1, 0.15) is 29.9 Å². The fourth-order valence-electron chi connectivity index (χ4n) is 4.80. The third-order valence-corrected chi connectivity index (χ3v) is 5.98. The Morgan fingerprint density at radius 2 is 2.32 bits per heavy atom. The molecular weight excluding hydrogens is 314 g/mol.